The number of carbonyl (C=O) groups is 1. The molecule has 0 spiro atoms. The summed E-state index contributed by atoms with van der Waals surface area (Å²) >= 11 is 0. The average Bonchev–Trinajstić information content (AvgIpc) is 2.63. The molecule has 0 radical (unpaired) electrons. The summed E-state index contributed by atoms with van der Waals surface area (Å²) in [7, 11) is 0. The van der Waals surface area contributed by atoms with Crippen molar-refractivity contribution in [3.63, 3.8) is 0 Å². The smallest absolute Gasteiger partial charge is 0.303 e. The normalized spacial score (nSPS) is 11.0. The van der Waals surface area contributed by atoms with Crippen LogP contribution in [0.5, 0.6) is 0 Å². The van der Waals surface area contributed by atoms with Gasteiger partial charge >= 0.3 is 5.97 Å². The fourth-order valence-electron chi connectivity index (χ4n) is 2.31. The molecule has 0 saturated heterocycles. The minimum Gasteiger partial charge on any atom is -0.481 e. The molecule has 0 saturated carbocycles. The quantitative estimate of drug-likeness (QED) is 0.229. The summed E-state index contributed by atoms with van der Waals surface area (Å²) in [5.74, 6) is -0.671. The van der Waals surface area contributed by atoms with Crippen molar-refractivity contribution < 1.29 is 20.1 Å². The molecular weight excluding hydrogens is 328 g/mol. The minimum atomic E-state index is -0.671. The van der Waals surface area contributed by atoms with E-state index >= 15 is 0 Å². The number of hydrogen-bond donors (Lipinski definition) is 3. The number of allylic oxidation sites excluding steroid dienone is 4. The zero-order valence-corrected chi connectivity index (χ0v) is 16.9. The van der Waals surface area contributed by atoms with Gasteiger partial charge in [-0.15, -0.1) is 0 Å². The highest BCUT2D eigenvalue weighted by Crippen LogP contribution is 2.08. The zero-order valence-electron chi connectivity index (χ0n) is 16.9. The number of aliphatic hydroxyl groups excluding tert-OH is 2. The highest BCUT2D eigenvalue weighted by atomic mass is 16.4. The van der Waals surface area contributed by atoms with Crippen LogP contribution in [0.4, 0.5) is 0 Å². The maximum atomic E-state index is 10.3. The van der Waals surface area contributed by atoms with Gasteiger partial charge < -0.3 is 15.3 Å². The van der Waals surface area contributed by atoms with Crippen LogP contribution >= 0.6 is 0 Å². The number of aliphatic carboxylic acids is 1. The Hall–Kier alpha value is -1.13. The second-order valence-electron chi connectivity index (χ2n) is 6.53. The Bertz CT molecular complexity index is 320. The molecule has 0 aromatic heterocycles. The van der Waals surface area contributed by atoms with Crippen LogP contribution in [0.3, 0.4) is 0 Å². The first-order valence-corrected chi connectivity index (χ1v) is 10.4. The van der Waals surface area contributed by atoms with E-state index in [1.807, 2.05) is 0 Å². The lowest BCUT2D eigenvalue weighted by atomic mass is 10.1. The molecule has 0 unspecified atom stereocenters. The highest BCUT2D eigenvalue weighted by molar-refractivity contribution is 5.66. The number of hydrogen-bond acceptors (Lipinski definition) is 3. The lowest BCUT2D eigenvalue weighted by Gasteiger charge is -1.98. The van der Waals surface area contributed by atoms with Gasteiger partial charge in [0.1, 0.15) is 0 Å². The fraction of sp³-hybridized carbons (Fsp3) is 0.773. The molecule has 0 aliphatic heterocycles. The largest absolute Gasteiger partial charge is 0.481 e. The van der Waals surface area contributed by atoms with Gasteiger partial charge in [-0.1, -0.05) is 63.3 Å². The van der Waals surface area contributed by atoms with Gasteiger partial charge in [-0.05, 0) is 51.4 Å². The second kappa shape index (κ2) is 26.1. The fourth-order valence-corrected chi connectivity index (χ4v) is 2.31. The van der Waals surface area contributed by atoms with E-state index in [9.17, 15) is 4.79 Å². The summed E-state index contributed by atoms with van der Waals surface area (Å²) in [6, 6.07) is 0. The van der Waals surface area contributed by atoms with Crippen LogP contribution in [-0.4, -0.2) is 34.5 Å². The number of rotatable bonds is 17. The van der Waals surface area contributed by atoms with E-state index in [0.717, 1.165) is 38.5 Å². The van der Waals surface area contributed by atoms with Gasteiger partial charge in [0, 0.05) is 19.6 Å². The Morgan fingerprint density at radius 2 is 1.19 bits per heavy atom. The lowest BCUT2D eigenvalue weighted by molar-refractivity contribution is -0.137. The third kappa shape index (κ3) is 30.7. The van der Waals surface area contributed by atoms with Crippen molar-refractivity contribution in [2.24, 2.45) is 0 Å². The second-order valence-corrected chi connectivity index (χ2v) is 6.53. The predicted octanol–water partition coefficient (Wildman–Crippen LogP) is 5.64. The molecule has 0 aliphatic rings. The van der Waals surface area contributed by atoms with E-state index in [4.69, 9.17) is 15.3 Å². The van der Waals surface area contributed by atoms with E-state index in [-0.39, 0.29) is 13.2 Å². The van der Waals surface area contributed by atoms with Gasteiger partial charge in [0.25, 0.3) is 0 Å². The Labute approximate surface area is 161 Å². The molecule has 0 bridgehead atoms. The Balaban J connectivity index is 0. The minimum absolute atomic E-state index is 0.195. The molecular formula is C22H42O4. The van der Waals surface area contributed by atoms with Crippen molar-refractivity contribution in [2.75, 3.05) is 13.2 Å². The average molecular weight is 371 g/mol. The number of carboxylic acid groups (broad SMARTS) is 1. The Kier molecular flexibility index (Phi) is 27.2. The van der Waals surface area contributed by atoms with Crippen molar-refractivity contribution in [3.8, 4) is 0 Å². The molecule has 0 amide bonds. The van der Waals surface area contributed by atoms with Gasteiger partial charge in [-0.2, -0.15) is 0 Å². The van der Waals surface area contributed by atoms with Crippen molar-refractivity contribution >= 4 is 5.97 Å². The summed E-state index contributed by atoms with van der Waals surface area (Å²) in [4.78, 5) is 10.3. The van der Waals surface area contributed by atoms with Crippen LogP contribution in [0.15, 0.2) is 24.3 Å². The SMILES string of the molecule is CCCCC/C=C\C/C=C\CCCCCCCC(=O)O.OCCCCO. The standard InChI is InChI=1S/C18H32O2.C4H10O2/c1-2-3-4-5-6-7-8-9-10-11-12-13-14-15-16-17-18(19)20;5-3-1-2-4-6/h6-7,9-10H,2-5,8,11-17H2,1H3,(H,19,20);5-6H,1-4H2/b7-6-,10-9-;. The molecule has 0 aliphatic carbocycles. The summed E-state index contributed by atoms with van der Waals surface area (Å²) in [5, 5.41) is 24.7. The molecule has 154 valence electrons. The summed E-state index contributed by atoms with van der Waals surface area (Å²) < 4.78 is 0. The molecule has 26 heavy (non-hydrogen) atoms. The van der Waals surface area contributed by atoms with Crippen molar-refractivity contribution in [2.45, 2.75) is 96.8 Å². The van der Waals surface area contributed by atoms with E-state index in [0.29, 0.717) is 6.42 Å². The third-order valence-corrected chi connectivity index (χ3v) is 3.91. The molecule has 4 nitrogen and oxygen atoms in total. The van der Waals surface area contributed by atoms with Crippen LogP contribution in [0.25, 0.3) is 0 Å². The lowest BCUT2D eigenvalue weighted by Crippen LogP contribution is -1.93. The summed E-state index contributed by atoms with van der Waals surface area (Å²) in [5.41, 5.74) is 0. The van der Waals surface area contributed by atoms with Crippen molar-refractivity contribution in [1.29, 1.82) is 0 Å². The topological polar surface area (TPSA) is 77.8 Å². The van der Waals surface area contributed by atoms with Gasteiger partial charge in [-0.3, -0.25) is 4.79 Å². The highest BCUT2D eigenvalue weighted by Gasteiger charge is 1.95. The maximum absolute atomic E-state index is 10.3. The van der Waals surface area contributed by atoms with Crippen LogP contribution in [0.2, 0.25) is 0 Å². The van der Waals surface area contributed by atoms with Crippen molar-refractivity contribution in [1.82, 2.24) is 0 Å². The van der Waals surface area contributed by atoms with Gasteiger partial charge in [0.2, 0.25) is 0 Å². The van der Waals surface area contributed by atoms with Crippen LogP contribution < -0.4 is 0 Å². The monoisotopic (exact) mass is 370 g/mol. The molecule has 0 fully saturated rings. The zero-order chi connectivity index (χ0) is 19.7. The molecule has 3 N–H and O–H groups in total. The Morgan fingerprint density at radius 1 is 0.692 bits per heavy atom. The van der Waals surface area contributed by atoms with Crippen molar-refractivity contribution in [3.05, 3.63) is 24.3 Å². The summed E-state index contributed by atoms with van der Waals surface area (Å²) in [6.45, 7) is 2.62. The molecule has 0 aromatic carbocycles. The van der Waals surface area contributed by atoms with Crippen LogP contribution in [-0.2, 0) is 4.79 Å². The third-order valence-electron chi connectivity index (χ3n) is 3.91. The first kappa shape index (κ1) is 27.1. The van der Waals surface area contributed by atoms with Gasteiger partial charge in [0.05, 0.1) is 0 Å². The summed E-state index contributed by atoms with van der Waals surface area (Å²) in [6.07, 6.45) is 23.7. The van der Waals surface area contributed by atoms with E-state index in [1.54, 1.807) is 0 Å². The molecule has 4 heteroatoms. The molecule has 0 rings (SSSR count). The predicted molar refractivity (Wildman–Crippen MR) is 110 cm³/mol. The van der Waals surface area contributed by atoms with Crippen LogP contribution in [0, 0.1) is 0 Å². The maximum Gasteiger partial charge on any atom is 0.303 e. The Morgan fingerprint density at radius 3 is 1.69 bits per heavy atom. The first-order valence-electron chi connectivity index (χ1n) is 10.4. The number of carboxylic acids is 1. The van der Waals surface area contributed by atoms with Gasteiger partial charge in [-0.25, -0.2) is 0 Å². The van der Waals surface area contributed by atoms with Gasteiger partial charge in [0.15, 0.2) is 0 Å². The number of unbranched alkanes of at least 4 members (excludes halogenated alkanes) is 9. The molecule has 0 aromatic rings. The molecule has 0 heterocycles. The van der Waals surface area contributed by atoms with E-state index in [2.05, 4.69) is 31.2 Å². The first-order chi connectivity index (χ1) is 12.7. The van der Waals surface area contributed by atoms with Crippen LogP contribution in [0.1, 0.15) is 96.8 Å². The van der Waals surface area contributed by atoms with E-state index in [1.165, 1.54) is 44.9 Å². The number of aliphatic hydroxyl groups is 2. The van der Waals surface area contributed by atoms with E-state index < -0.39 is 5.97 Å². The molecule has 0 atom stereocenters.